The lowest BCUT2D eigenvalue weighted by molar-refractivity contribution is 0.270. The molecule has 0 spiro atoms. The van der Waals surface area contributed by atoms with Gasteiger partial charge in [0.2, 0.25) is 0 Å². The summed E-state index contributed by atoms with van der Waals surface area (Å²) in [6, 6.07) is 0.806. The number of nitrogens with zero attached hydrogens (tertiary/aromatic N) is 1. The second-order valence-electron chi connectivity index (χ2n) is 5.32. The number of likely N-dealkylation sites (tertiary alicyclic amines) is 1. The molecule has 82 valence electrons. The molecule has 2 nitrogen and oxygen atoms in total. The van der Waals surface area contributed by atoms with E-state index in [0.29, 0.717) is 0 Å². The Morgan fingerprint density at radius 3 is 2.71 bits per heavy atom. The van der Waals surface area contributed by atoms with Crippen LogP contribution >= 0.6 is 0 Å². The quantitative estimate of drug-likeness (QED) is 0.739. The van der Waals surface area contributed by atoms with Crippen LogP contribution in [0.5, 0.6) is 0 Å². The summed E-state index contributed by atoms with van der Waals surface area (Å²) < 4.78 is 0. The molecule has 1 saturated heterocycles. The van der Waals surface area contributed by atoms with Crippen molar-refractivity contribution in [2.75, 3.05) is 26.7 Å². The fourth-order valence-corrected chi connectivity index (χ4v) is 3.06. The van der Waals surface area contributed by atoms with Gasteiger partial charge in [-0.15, -0.1) is 0 Å². The molecule has 0 aromatic heterocycles. The monoisotopic (exact) mass is 196 g/mol. The van der Waals surface area contributed by atoms with Crippen LogP contribution in [0.15, 0.2) is 0 Å². The Morgan fingerprint density at radius 2 is 2.14 bits per heavy atom. The zero-order valence-electron chi connectivity index (χ0n) is 9.63. The van der Waals surface area contributed by atoms with Gasteiger partial charge in [0.25, 0.3) is 0 Å². The molecule has 1 aliphatic heterocycles. The summed E-state index contributed by atoms with van der Waals surface area (Å²) in [4.78, 5) is 2.67. The fourth-order valence-electron chi connectivity index (χ4n) is 3.06. The third-order valence-corrected chi connectivity index (χ3v) is 3.97. The van der Waals surface area contributed by atoms with Crippen LogP contribution in [0, 0.1) is 11.8 Å². The molecule has 0 aromatic carbocycles. The van der Waals surface area contributed by atoms with Crippen molar-refractivity contribution in [3.05, 3.63) is 0 Å². The van der Waals surface area contributed by atoms with E-state index in [9.17, 15) is 0 Å². The van der Waals surface area contributed by atoms with E-state index in [1.807, 2.05) is 0 Å². The van der Waals surface area contributed by atoms with Gasteiger partial charge in [-0.1, -0.05) is 6.92 Å². The first-order chi connectivity index (χ1) is 6.78. The SMILES string of the molecule is CNC1CCC(CN2CC[C@H](C)C2)C1. The second-order valence-corrected chi connectivity index (χ2v) is 5.32. The molecule has 1 N–H and O–H groups in total. The van der Waals surface area contributed by atoms with Crippen molar-refractivity contribution >= 4 is 0 Å². The van der Waals surface area contributed by atoms with E-state index in [4.69, 9.17) is 0 Å². The van der Waals surface area contributed by atoms with Crippen LogP contribution < -0.4 is 5.32 Å². The highest BCUT2D eigenvalue weighted by Gasteiger charge is 2.27. The Labute approximate surface area is 88.1 Å². The molecule has 2 aliphatic rings. The molecule has 0 radical (unpaired) electrons. The van der Waals surface area contributed by atoms with Gasteiger partial charge in [-0.3, -0.25) is 0 Å². The number of nitrogens with one attached hydrogen (secondary N) is 1. The third kappa shape index (κ3) is 2.48. The van der Waals surface area contributed by atoms with Crippen molar-refractivity contribution in [3.63, 3.8) is 0 Å². The lowest BCUT2D eigenvalue weighted by atomic mass is 10.1. The van der Waals surface area contributed by atoms with Crippen LogP contribution in [0.3, 0.4) is 0 Å². The normalized spacial score (nSPS) is 39.4. The van der Waals surface area contributed by atoms with Gasteiger partial charge >= 0.3 is 0 Å². The highest BCUT2D eigenvalue weighted by atomic mass is 15.1. The van der Waals surface area contributed by atoms with Gasteiger partial charge in [0, 0.05) is 19.1 Å². The maximum Gasteiger partial charge on any atom is 0.00672 e. The number of rotatable bonds is 3. The van der Waals surface area contributed by atoms with Gasteiger partial charge in [-0.25, -0.2) is 0 Å². The number of hydrogen-bond acceptors (Lipinski definition) is 2. The fraction of sp³-hybridized carbons (Fsp3) is 1.00. The van der Waals surface area contributed by atoms with Gasteiger partial charge in [-0.2, -0.15) is 0 Å². The Morgan fingerprint density at radius 1 is 1.29 bits per heavy atom. The van der Waals surface area contributed by atoms with E-state index in [1.165, 1.54) is 45.3 Å². The van der Waals surface area contributed by atoms with Crippen molar-refractivity contribution in [1.29, 1.82) is 0 Å². The molecular formula is C12H24N2. The van der Waals surface area contributed by atoms with Crippen molar-refractivity contribution in [1.82, 2.24) is 10.2 Å². The minimum absolute atomic E-state index is 0.806. The van der Waals surface area contributed by atoms with Crippen LogP contribution in [0.4, 0.5) is 0 Å². The van der Waals surface area contributed by atoms with Crippen LogP contribution in [0.1, 0.15) is 32.6 Å². The molecular weight excluding hydrogens is 172 g/mol. The van der Waals surface area contributed by atoms with Crippen LogP contribution in [0.25, 0.3) is 0 Å². The zero-order valence-corrected chi connectivity index (χ0v) is 9.63. The van der Waals surface area contributed by atoms with Gasteiger partial charge in [0.15, 0.2) is 0 Å². The summed E-state index contributed by atoms with van der Waals surface area (Å²) in [5.74, 6) is 1.91. The van der Waals surface area contributed by atoms with Crippen molar-refractivity contribution < 1.29 is 0 Å². The first kappa shape index (κ1) is 10.4. The highest BCUT2D eigenvalue weighted by molar-refractivity contribution is 4.83. The lowest BCUT2D eigenvalue weighted by Crippen LogP contribution is -2.28. The average molecular weight is 196 g/mol. The molecule has 2 heteroatoms. The van der Waals surface area contributed by atoms with E-state index in [-0.39, 0.29) is 0 Å². The molecule has 2 rings (SSSR count). The van der Waals surface area contributed by atoms with Gasteiger partial charge < -0.3 is 10.2 Å². The van der Waals surface area contributed by atoms with Crippen molar-refractivity contribution in [3.8, 4) is 0 Å². The zero-order chi connectivity index (χ0) is 9.97. The minimum atomic E-state index is 0.806. The maximum atomic E-state index is 3.41. The van der Waals surface area contributed by atoms with E-state index >= 15 is 0 Å². The first-order valence-electron chi connectivity index (χ1n) is 6.17. The third-order valence-electron chi connectivity index (χ3n) is 3.97. The molecule has 0 aromatic rings. The van der Waals surface area contributed by atoms with E-state index in [1.54, 1.807) is 0 Å². The summed E-state index contributed by atoms with van der Waals surface area (Å²) in [6.45, 7) is 6.44. The lowest BCUT2D eigenvalue weighted by Gasteiger charge is -2.20. The summed E-state index contributed by atoms with van der Waals surface area (Å²) in [5.41, 5.74) is 0. The highest BCUT2D eigenvalue weighted by Crippen LogP contribution is 2.27. The van der Waals surface area contributed by atoms with E-state index < -0.39 is 0 Å². The molecule has 1 aliphatic carbocycles. The van der Waals surface area contributed by atoms with Gasteiger partial charge in [-0.05, 0) is 51.1 Å². The Bertz CT molecular complexity index is 181. The molecule has 3 atom stereocenters. The van der Waals surface area contributed by atoms with Gasteiger partial charge in [0.1, 0.15) is 0 Å². The number of hydrogen-bond donors (Lipinski definition) is 1. The molecule has 0 amide bonds. The predicted molar refractivity (Wildman–Crippen MR) is 60.4 cm³/mol. The second kappa shape index (κ2) is 4.63. The maximum absolute atomic E-state index is 3.41. The minimum Gasteiger partial charge on any atom is -0.317 e. The van der Waals surface area contributed by atoms with E-state index in [0.717, 1.165) is 17.9 Å². The largest absolute Gasteiger partial charge is 0.317 e. The Hall–Kier alpha value is -0.0800. The van der Waals surface area contributed by atoms with Gasteiger partial charge in [0.05, 0.1) is 0 Å². The summed E-state index contributed by atoms with van der Waals surface area (Å²) in [6.07, 6.45) is 5.66. The summed E-state index contributed by atoms with van der Waals surface area (Å²) in [5, 5.41) is 3.41. The molecule has 2 unspecified atom stereocenters. The summed E-state index contributed by atoms with van der Waals surface area (Å²) >= 11 is 0. The molecule has 14 heavy (non-hydrogen) atoms. The van der Waals surface area contributed by atoms with Crippen molar-refractivity contribution in [2.45, 2.75) is 38.6 Å². The molecule has 1 saturated carbocycles. The molecule has 2 fully saturated rings. The Kier molecular flexibility index (Phi) is 3.45. The van der Waals surface area contributed by atoms with Crippen LogP contribution in [-0.4, -0.2) is 37.6 Å². The predicted octanol–water partition coefficient (Wildman–Crippen LogP) is 1.72. The van der Waals surface area contributed by atoms with E-state index in [2.05, 4.69) is 24.2 Å². The van der Waals surface area contributed by atoms with Crippen LogP contribution in [0.2, 0.25) is 0 Å². The topological polar surface area (TPSA) is 15.3 Å². The van der Waals surface area contributed by atoms with Crippen LogP contribution in [-0.2, 0) is 0 Å². The smallest absolute Gasteiger partial charge is 0.00672 e. The average Bonchev–Trinajstić information content (AvgIpc) is 2.76. The standard InChI is InChI=1S/C12H24N2/c1-10-5-6-14(8-10)9-11-3-4-12(7-11)13-2/h10-13H,3-9H2,1-2H3/t10-,11?,12?/m0/s1. The first-order valence-corrected chi connectivity index (χ1v) is 6.17. The molecule has 1 heterocycles. The van der Waals surface area contributed by atoms with Crippen molar-refractivity contribution in [2.24, 2.45) is 11.8 Å². The Balaban J connectivity index is 1.71. The summed E-state index contributed by atoms with van der Waals surface area (Å²) in [7, 11) is 2.10. The molecule has 0 bridgehead atoms.